The number of hydrogen-bond acceptors (Lipinski definition) is 8. The van der Waals surface area contributed by atoms with E-state index in [-0.39, 0.29) is 5.90 Å². The zero-order chi connectivity index (χ0) is 10.4. The molecule has 1 unspecified atom stereocenters. The van der Waals surface area contributed by atoms with Crippen LogP contribution in [0.15, 0.2) is 38.2 Å². The molecule has 1 aliphatic heterocycles. The number of rotatable bonds is 1. The third-order valence-corrected chi connectivity index (χ3v) is 1.10. The second-order valence-corrected chi connectivity index (χ2v) is 2.23. The van der Waals surface area contributed by atoms with Crippen LogP contribution in [0.5, 0.6) is 0 Å². The summed E-state index contributed by atoms with van der Waals surface area (Å²) in [6, 6.07) is 0. The topological polar surface area (TPSA) is 108 Å². The van der Waals surface area contributed by atoms with Crippen molar-refractivity contribution in [3.8, 4) is 0 Å². The van der Waals surface area contributed by atoms with Gasteiger partial charge in [-0.1, -0.05) is 5.10 Å². The third-order valence-electron chi connectivity index (χ3n) is 1.10. The molecule has 14 heavy (non-hydrogen) atoms. The molecule has 1 atom stereocenters. The van der Waals surface area contributed by atoms with Crippen LogP contribution in [-0.2, 0) is 9.53 Å². The molecule has 0 fully saturated rings. The maximum atomic E-state index is 10.9. The van der Waals surface area contributed by atoms with E-state index in [9.17, 15) is 4.79 Å². The van der Waals surface area contributed by atoms with Crippen LogP contribution in [0, 0.1) is 0 Å². The molecular formula is C6H7N5O3. The largest absolute Gasteiger partial charge is 0.404 e. The lowest BCUT2D eigenvalue weighted by Gasteiger charge is -2.03. The highest BCUT2D eigenvalue weighted by atomic mass is 16.6. The summed E-state index contributed by atoms with van der Waals surface area (Å²) in [5.41, 5.74) is 0. The third kappa shape index (κ3) is 3.19. The van der Waals surface area contributed by atoms with Gasteiger partial charge in [-0.15, -0.1) is 5.11 Å². The number of esters is 1. The standard InChI is InChI=1S/C6H7N5O3/c1-4(12)6(13)14-5-2-3-7-9-11-10-8-5/h2-4,12H,1H3/b3-2-,5-2?,7-3?,8-5+,9-7-,10-8?,11-9?,11-10-. The van der Waals surface area contributed by atoms with Crippen molar-refractivity contribution in [2.45, 2.75) is 13.0 Å². The summed E-state index contributed by atoms with van der Waals surface area (Å²) in [5.74, 6) is -0.945. The monoisotopic (exact) mass is 197 g/mol. The SMILES string of the molecule is CC(O)C(=O)OC1=N/N=N\N=N/C=C\1. The molecule has 0 aromatic heterocycles. The first-order valence-corrected chi connectivity index (χ1v) is 3.64. The Morgan fingerprint density at radius 1 is 1.50 bits per heavy atom. The lowest BCUT2D eigenvalue weighted by molar-refractivity contribution is -0.143. The number of nitrogens with zero attached hydrogens (tertiary/aromatic N) is 5. The number of carbonyl (C=O) groups is 1. The van der Waals surface area contributed by atoms with E-state index in [2.05, 4.69) is 30.6 Å². The highest BCUT2D eigenvalue weighted by molar-refractivity contribution is 5.96. The van der Waals surface area contributed by atoms with Gasteiger partial charge in [0.05, 0.1) is 6.20 Å². The maximum Gasteiger partial charge on any atom is 0.341 e. The molecule has 0 amide bonds. The highest BCUT2D eigenvalue weighted by Crippen LogP contribution is 1.97. The van der Waals surface area contributed by atoms with E-state index in [0.717, 1.165) is 0 Å². The number of ether oxygens (including phenoxy) is 1. The first-order valence-electron chi connectivity index (χ1n) is 3.64. The van der Waals surface area contributed by atoms with E-state index in [4.69, 9.17) is 5.11 Å². The predicted octanol–water partition coefficient (Wildman–Crippen LogP) is 0.571. The summed E-state index contributed by atoms with van der Waals surface area (Å²) < 4.78 is 4.61. The number of carbonyl (C=O) groups excluding carboxylic acids is 1. The smallest absolute Gasteiger partial charge is 0.341 e. The molecule has 0 aliphatic carbocycles. The predicted molar refractivity (Wildman–Crippen MR) is 44.1 cm³/mol. The van der Waals surface area contributed by atoms with Gasteiger partial charge in [0.25, 0.3) is 0 Å². The molecule has 0 saturated carbocycles. The lowest BCUT2D eigenvalue weighted by Crippen LogP contribution is -2.22. The molecule has 0 radical (unpaired) electrons. The molecule has 0 aromatic rings. The minimum atomic E-state index is -1.23. The normalized spacial score (nSPS) is 27.4. The summed E-state index contributed by atoms with van der Waals surface area (Å²) in [7, 11) is 0. The van der Waals surface area contributed by atoms with Gasteiger partial charge in [-0.2, -0.15) is 0 Å². The van der Waals surface area contributed by atoms with E-state index >= 15 is 0 Å². The van der Waals surface area contributed by atoms with Crippen molar-refractivity contribution in [2.24, 2.45) is 25.9 Å². The van der Waals surface area contributed by atoms with Crippen LogP contribution < -0.4 is 0 Å². The van der Waals surface area contributed by atoms with Gasteiger partial charge in [-0.3, -0.25) is 0 Å². The summed E-state index contributed by atoms with van der Waals surface area (Å²) in [6.07, 6.45) is 1.27. The van der Waals surface area contributed by atoms with Gasteiger partial charge in [0, 0.05) is 6.08 Å². The number of aliphatic hydroxyl groups is 1. The van der Waals surface area contributed by atoms with Crippen molar-refractivity contribution >= 4 is 11.9 Å². The molecule has 0 bridgehead atoms. The fraction of sp³-hybridized carbons (Fsp3) is 0.333. The van der Waals surface area contributed by atoms with Crippen LogP contribution in [0.3, 0.4) is 0 Å². The Bertz CT molecular complexity index is 330. The van der Waals surface area contributed by atoms with Gasteiger partial charge in [-0.25, -0.2) is 4.79 Å². The van der Waals surface area contributed by atoms with Crippen molar-refractivity contribution in [3.63, 3.8) is 0 Å². The first kappa shape index (κ1) is 10.1. The summed E-state index contributed by atoms with van der Waals surface area (Å²) >= 11 is 0. The Kier molecular flexibility index (Phi) is 3.56. The van der Waals surface area contributed by atoms with Gasteiger partial charge in [-0.05, 0) is 22.6 Å². The minimum Gasteiger partial charge on any atom is -0.404 e. The summed E-state index contributed by atoms with van der Waals surface area (Å²) in [5, 5.41) is 25.1. The number of aliphatic hydroxyl groups excluding tert-OH is 1. The average Bonchev–Trinajstić information content (AvgIpc) is 2.08. The van der Waals surface area contributed by atoms with Crippen LogP contribution in [0.4, 0.5) is 0 Å². The second kappa shape index (κ2) is 4.92. The molecule has 1 N–H and O–H groups in total. The van der Waals surface area contributed by atoms with Gasteiger partial charge < -0.3 is 9.84 Å². The molecule has 0 aromatic carbocycles. The highest BCUT2D eigenvalue weighted by Gasteiger charge is 2.12. The number of hydrogen-bond donors (Lipinski definition) is 1. The second-order valence-electron chi connectivity index (χ2n) is 2.23. The maximum absolute atomic E-state index is 10.9. The van der Waals surface area contributed by atoms with Gasteiger partial charge >= 0.3 is 5.97 Å². The Morgan fingerprint density at radius 2 is 2.29 bits per heavy atom. The molecule has 0 spiro atoms. The Balaban J connectivity index is 2.64. The van der Waals surface area contributed by atoms with Gasteiger partial charge in [0.2, 0.25) is 5.90 Å². The fourth-order valence-corrected chi connectivity index (χ4v) is 0.508. The fourth-order valence-electron chi connectivity index (χ4n) is 0.508. The van der Waals surface area contributed by atoms with Crippen LogP contribution in [0.1, 0.15) is 6.92 Å². The van der Waals surface area contributed by atoms with Crippen LogP contribution in [0.25, 0.3) is 0 Å². The Hall–Kier alpha value is -1.96. The molecule has 1 rings (SSSR count). The van der Waals surface area contributed by atoms with E-state index < -0.39 is 12.1 Å². The van der Waals surface area contributed by atoms with E-state index in [1.165, 1.54) is 19.2 Å². The molecule has 8 heteroatoms. The van der Waals surface area contributed by atoms with Crippen molar-refractivity contribution in [1.29, 1.82) is 0 Å². The zero-order valence-electron chi connectivity index (χ0n) is 7.23. The van der Waals surface area contributed by atoms with E-state index in [1.54, 1.807) is 0 Å². The van der Waals surface area contributed by atoms with Crippen LogP contribution in [0.2, 0.25) is 0 Å². The molecule has 1 aliphatic rings. The van der Waals surface area contributed by atoms with Crippen molar-refractivity contribution in [2.75, 3.05) is 0 Å². The van der Waals surface area contributed by atoms with E-state index in [0.29, 0.717) is 0 Å². The van der Waals surface area contributed by atoms with Crippen LogP contribution >= 0.6 is 0 Å². The van der Waals surface area contributed by atoms with Gasteiger partial charge in [0.1, 0.15) is 6.10 Å². The Morgan fingerprint density at radius 3 is 3.00 bits per heavy atom. The van der Waals surface area contributed by atoms with Crippen molar-refractivity contribution in [1.82, 2.24) is 0 Å². The molecule has 1 heterocycles. The lowest BCUT2D eigenvalue weighted by atomic mass is 10.4. The quantitative estimate of drug-likeness (QED) is 0.620. The minimum absolute atomic E-state index is 0.113. The van der Waals surface area contributed by atoms with Crippen molar-refractivity contribution < 1.29 is 14.6 Å². The average molecular weight is 197 g/mol. The molecule has 8 nitrogen and oxygen atoms in total. The van der Waals surface area contributed by atoms with E-state index in [1.807, 2.05) is 0 Å². The molecule has 74 valence electrons. The first-order chi connectivity index (χ1) is 6.70. The van der Waals surface area contributed by atoms with Crippen molar-refractivity contribution in [3.05, 3.63) is 12.3 Å². The van der Waals surface area contributed by atoms with Gasteiger partial charge in [0.15, 0.2) is 0 Å². The zero-order valence-corrected chi connectivity index (χ0v) is 7.23. The Labute approximate surface area is 78.7 Å². The van der Waals surface area contributed by atoms with Crippen LogP contribution in [-0.4, -0.2) is 23.1 Å². The molecule has 0 saturated heterocycles. The molecular weight excluding hydrogens is 190 g/mol. The summed E-state index contributed by atoms with van der Waals surface area (Å²) in [4.78, 5) is 10.9. The summed E-state index contributed by atoms with van der Waals surface area (Å²) in [6.45, 7) is 1.27.